The lowest BCUT2D eigenvalue weighted by molar-refractivity contribution is 0.609. The van der Waals surface area contributed by atoms with Crippen LogP contribution in [0.4, 0.5) is 0 Å². The van der Waals surface area contributed by atoms with Crippen LogP contribution in [0.25, 0.3) is 0 Å². The predicted octanol–water partition coefficient (Wildman–Crippen LogP) is 2.53. The highest BCUT2D eigenvalue weighted by Crippen LogP contribution is 2.36. The zero-order valence-electron chi connectivity index (χ0n) is 7.70. The van der Waals surface area contributed by atoms with Gasteiger partial charge in [-0.1, -0.05) is 30.3 Å². The van der Waals surface area contributed by atoms with E-state index in [0.29, 0.717) is 0 Å². The van der Waals surface area contributed by atoms with E-state index in [1.54, 1.807) is 0 Å². The fraction of sp³-hybridized carbons (Fsp3) is 0.455. The number of hydrogen-bond donors (Lipinski definition) is 1. The maximum Gasteiger partial charge on any atom is 0.0158 e. The Labute approximate surface area is 85.7 Å². The SMILES string of the molecule is Cl.NC1(CCc2ccccc2)CC1. The molecule has 72 valence electrons. The van der Waals surface area contributed by atoms with Gasteiger partial charge in [-0.05, 0) is 31.2 Å². The first-order valence-corrected chi connectivity index (χ1v) is 4.61. The Bertz CT molecular complexity index is 254. The molecule has 0 radical (unpaired) electrons. The van der Waals surface area contributed by atoms with Gasteiger partial charge >= 0.3 is 0 Å². The summed E-state index contributed by atoms with van der Waals surface area (Å²) in [6, 6.07) is 10.6. The molecule has 2 N–H and O–H groups in total. The van der Waals surface area contributed by atoms with Crippen LogP contribution in [0.1, 0.15) is 24.8 Å². The lowest BCUT2D eigenvalue weighted by Gasteiger charge is -2.07. The molecule has 1 nitrogen and oxygen atoms in total. The minimum Gasteiger partial charge on any atom is -0.325 e. The lowest BCUT2D eigenvalue weighted by Crippen LogP contribution is -2.21. The number of aryl methyl sites for hydroxylation is 1. The van der Waals surface area contributed by atoms with Crippen molar-refractivity contribution in [3.05, 3.63) is 35.9 Å². The average Bonchev–Trinajstić information content (AvgIpc) is 2.84. The van der Waals surface area contributed by atoms with E-state index >= 15 is 0 Å². The van der Waals surface area contributed by atoms with E-state index in [0.717, 1.165) is 12.8 Å². The van der Waals surface area contributed by atoms with Gasteiger partial charge in [0.05, 0.1) is 0 Å². The largest absolute Gasteiger partial charge is 0.325 e. The molecular formula is C11H16ClN. The van der Waals surface area contributed by atoms with Crippen LogP contribution in [-0.2, 0) is 6.42 Å². The maximum absolute atomic E-state index is 5.99. The summed E-state index contributed by atoms with van der Waals surface area (Å²) < 4.78 is 0. The highest BCUT2D eigenvalue weighted by molar-refractivity contribution is 5.85. The van der Waals surface area contributed by atoms with Gasteiger partial charge in [-0.3, -0.25) is 0 Å². The Morgan fingerprint density at radius 2 is 1.77 bits per heavy atom. The van der Waals surface area contributed by atoms with Crippen molar-refractivity contribution in [2.75, 3.05) is 0 Å². The van der Waals surface area contributed by atoms with Gasteiger partial charge in [0.25, 0.3) is 0 Å². The first-order valence-electron chi connectivity index (χ1n) is 4.61. The van der Waals surface area contributed by atoms with Crippen molar-refractivity contribution in [1.82, 2.24) is 0 Å². The molecule has 1 fully saturated rings. The zero-order valence-corrected chi connectivity index (χ0v) is 8.52. The Morgan fingerprint density at radius 1 is 1.15 bits per heavy atom. The van der Waals surface area contributed by atoms with Crippen molar-refractivity contribution in [3.63, 3.8) is 0 Å². The Hall–Kier alpha value is -0.530. The van der Waals surface area contributed by atoms with Gasteiger partial charge in [0, 0.05) is 5.54 Å². The van der Waals surface area contributed by atoms with Crippen molar-refractivity contribution in [1.29, 1.82) is 0 Å². The molecule has 1 aliphatic carbocycles. The minimum atomic E-state index is 0. The molecule has 0 bridgehead atoms. The molecule has 0 amide bonds. The summed E-state index contributed by atoms with van der Waals surface area (Å²) in [7, 11) is 0. The third-order valence-electron chi connectivity index (χ3n) is 2.65. The molecule has 2 heteroatoms. The molecule has 0 spiro atoms. The van der Waals surface area contributed by atoms with Crippen molar-refractivity contribution in [2.24, 2.45) is 5.73 Å². The molecule has 2 rings (SSSR count). The number of halogens is 1. The Morgan fingerprint density at radius 3 is 2.31 bits per heavy atom. The second kappa shape index (κ2) is 4.12. The zero-order chi connectivity index (χ0) is 8.44. The van der Waals surface area contributed by atoms with Crippen molar-refractivity contribution in [2.45, 2.75) is 31.2 Å². The lowest BCUT2D eigenvalue weighted by atomic mass is 10.0. The summed E-state index contributed by atoms with van der Waals surface area (Å²) in [6.45, 7) is 0. The summed E-state index contributed by atoms with van der Waals surface area (Å²) >= 11 is 0. The van der Waals surface area contributed by atoms with E-state index in [1.165, 1.54) is 18.4 Å². The number of benzene rings is 1. The third kappa shape index (κ3) is 3.02. The number of nitrogens with two attached hydrogens (primary N) is 1. The van der Waals surface area contributed by atoms with E-state index < -0.39 is 0 Å². The van der Waals surface area contributed by atoms with Crippen molar-refractivity contribution >= 4 is 12.4 Å². The molecule has 0 unspecified atom stereocenters. The fourth-order valence-corrected chi connectivity index (χ4v) is 1.45. The van der Waals surface area contributed by atoms with Crippen LogP contribution >= 0.6 is 12.4 Å². The van der Waals surface area contributed by atoms with Crippen molar-refractivity contribution < 1.29 is 0 Å². The van der Waals surface area contributed by atoms with Gasteiger partial charge in [-0.25, -0.2) is 0 Å². The van der Waals surface area contributed by atoms with Crippen LogP contribution in [-0.4, -0.2) is 5.54 Å². The van der Waals surface area contributed by atoms with Crippen LogP contribution in [0.5, 0.6) is 0 Å². The van der Waals surface area contributed by atoms with E-state index in [2.05, 4.69) is 30.3 Å². The number of hydrogen-bond acceptors (Lipinski definition) is 1. The molecular weight excluding hydrogens is 182 g/mol. The molecule has 0 aliphatic heterocycles. The second-order valence-corrected chi connectivity index (χ2v) is 3.85. The normalized spacial score (nSPS) is 17.6. The van der Waals surface area contributed by atoms with Gasteiger partial charge in [0.2, 0.25) is 0 Å². The van der Waals surface area contributed by atoms with Gasteiger partial charge in [0.1, 0.15) is 0 Å². The summed E-state index contributed by atoms with van der Waals surface area (Å²) in [6.07, 6.45) is 4.73. The molecule has 1 aromatic rings. The fourth-order valence-electron chi connectivity index (χ4n) is 1.45. The van der Waals surface area contributed by atoms with Crippen LogP contribution in [0.15, 0.2) is 30.3 Å². The van der Waals surface area contributed by atoms with E-state index in [-0.39, 0.29) is 17.9 Å². The maximum atomic E-state index is 5.99. The van der Waals surface area contributed by atoms with Gasteiger partial charge < -0.3 is 5.73 Å². The topological polar surface area (TPSA) is 26.0 Å². The smallest absolute Gasteiger partial charge is 0.0158 e. The van der Waals surface area contributed by atoms with E-state index in [1.807, 2.05) is 0 Å². The quantitative estimate of drug-likeness (QED) is 0.792. The molecule has 0 atom stereocenters. The first-order chi connectivity index (χ1) is 5.79. The highest BCUT2D eigenvalue weighted by atomic mass is 35.5. The van der Waals surface area contributed by atoms with Gasteiger partial charge in [-0.2, -0.15) is 0 Å². The predicted molar refractivity (Wildman–Crippen MR) is 58.2 cm³/mol. The molecule has 0 aromatic heterocycles. The van der Waals surface area contributed by atoms with Crippen LogP contribution in [0.3, 0.4) is 0 Å². The number of rotatable bonds is 3. The molecule has 1 aromatic carbocycles. The van der Waals surface area contributed by atoms with Crippen LogP contribution in [0.2, 0.25) is 0 Å². The minimum absolute atomic E-state index is 0. The molecule has 0 saturated heterocycles. The first kappa shape index (κ1) is 10.6. The van der Waals surface area contributed by atoms with E-state index in [4.69, 9.17) is 5.73 Å². The van der Waals surface area contributed by atoms with E-state index in [9.17, 15) is 0 Å². The molecule has 1 saturated carbocycles. The van der Waals surface area contributed by atoms with Gasteiger partial charge in [0.15, 0.2) is 0 Å². The molecule has 13 heavy (non-hydrogen) atoms. The average molecular weight is 198 g/mol. The van der Waals surface area contributed by atoms with Gasteiger partial charge in [-0.15, -0.1) is 12.4 Å². The Kier molecular flexibility index (Phi) is 3.34. The Balaban J connectivity index is 0.000000845. The molecule has 0 heterocycles. The summed E-state index contributed by atoms with van der Waals surface area (Å²) in [5, 5.41) is 0. The summed E-state index contributed by atoms with van der Waals surface area (Å²) in [4.78, 5) is 0. The van der Waals surface area contributed by atoms with Crippen LogP contribution < -0.4 is 5.73 Å². The summed E-state index contributed by atoms with van der Waals surface area (Å²) in [5.74, 6) is 0. The highest BCUT2D eigenvalue weighted by Gasteiger charge is 2.37. The third-order valence-corrected chi connectivity index (χ3v) is 2.65. The summed E-state index contributed by atoms with van der Waals surface area (Å²) in [5.41, 5.74) is 7.61. The van der Waals surface area contributed by atoms with Crippen LogP contribution in [0, 0.1) is 0 Å². The monoisotopic (exact) mass is 197 g/mol. The molecule has 1 aliphatic rings. The van der Waals surface area contributed by atoms with Crippen molar-refractivity contribution in [3.8, 4) is 0 Å². The standard InChI is InChI=1S/C11H15N.ClH/c12-11(8-9-11)7-6-10-4-2-1-3-5-10;/h1-5H,6-9,12H2;1H. The second-order valence-electron chi connectivity index (χ2n) is 3.85.